The van der Waals surface area contributed by atoms with Gasteiger partial charge in [-0.1, -0.05) is 12.8 Å². The molecule has 1 rings (SSSR count). The van der Waals surface area contributed by atoms with Gasteiger partial charge in [-0.3, -0.25) is 0 Å². The average molecular weight is 246 g/mol. The standard InChI is InChI=1S/C10H18N2O3S/c13-8-4-2-1-3-6-12-16(14,15)10-5-7-11-9-10/h5,7,9,11-13H,1-4,6,8H2. The fourth-order valence-corrected chi connectivity index (χ4v) is 2.41. The summed E-state index contributed by atoms with van der Waals surface area (Å²) < 4.78 is 25.8. The Balaban J connectivity index is 2.22. The van der Waals surface area contributed by atoms with Crippen molar-refractivity contribution in [2.75, 3.05) is 13.2 Å². The van der Waals surface area contributed by atoms with Gasteiger partial charge in [0.05, 0.1) is 4.90 Å². The molecule has 6 heteroatoms. The molecule has 3 N–H and O–H groups in total. The quantitative estimate of drug-likeness (QED) is 0.595. The first kappa shape index (κ1) is 13.2. The molecule has 92 valence electrons. The van der Waals surface area contributed by atoms with E-state index in [0.717, 1.165) is 25.7 Å². The van der Waals surface area contributed by atoms with Gasteiger partial charge in [0.25, 0.3) is 0 Å². The molecule has 1 aromatic heterocycles. The summed E-state index contributed by atoms with van der Waals surface area (Å²) in [6.07, 6.45) is 6.47. The summed E-state index contributed by atoms with van der Waals surface area (Å²) in [5.41, 5.74) is 0. The number of H-pyrrole nitrogens is 1. The van der Waals surface area contributed by atoms with E-state index < -0.39 is 10.0 Å². The fourth-order valence-electron chi connectivity index (χ4n) is 1.36. The van der Waals surface area contributed by atoms with Gasteiger partial charge in [0.2, 0.25) is 10.0 Å². The molecule has 0 aromatic carbocycles. The average Bonchev–Trinajstić information content (AvgIpc) is 2.77. The molecular formula is C10H18N2O3S. The Morgan fingerprint density at radius 2 is 2.00 bits per heavy atom. The number of aliphatic hydroxyl groups is 1. The highest BCUT2D eigenvalue weighted by Crippen LogP contribution is 2.06. The van der Waals surface area contributed by atoms with Crippen LogP contribution in [0.1, 0.15) is 25.7 Å². The Morgan fingerprint density at radius 3 is 2.62 bits per heavy atom. The van der Waals surface area contributed by atoms with E-state index in [0.29, 0.717) is 6.54 Å². The lowest BCUT2D eigenvalue weighted by Gasteiger charge is -2.04. The van der Waals surface area contributed by atoms with E-state index in [1.54, 1.807) is 6.20 Å². The molecule has 0 aliphatic carbocycles. The Hall–Kier alpha value is -0.850. The van der Waals surface area contributed by atoms with Crippen molar-refractivity contribution in [2.45, 2.75) is 30.6 Å². The van der Waals surface area contributed by atoms with Crippen molar-refractivity contribution in [1.82, 2.24) is 9.71 Å². The molecule has 16 heavy (non-hydrogen) atoms. The molecule has 1 heterocycles. The highest BCUT2D eigenvalue weighted by molar-refractivity contribution is 7.89. The van der Waals surface area contributed by atoms with Crippen LogP contribution in [0.5, 0.6) is 0 Å². The number of nitrogens with one attached hydrogen (secondary N) is 2. The number of rotatable bonds is 8. The topological polar surface area (TPSA) is 82.2 Å². The fraction of sp³-hybridized carbons (Fsp3) is 0.600. The van der Waals surface area contributed by atoms with E-state index in [4.69, 9.17) is 5.11 Å². The van der Waals surface area contributed by atoms with Crippen molar-refractivity contribution in [3.05, 3.63) is 18.5 Å². The molecule has 0 unspecified atom stereocenters. The van der Waals surface area contributed by atoms with E-state index in [-0.39, 0.29) is 11.5 Å². The number of aromatic amines is 1. The van der Waals surface area contributed by atoms with E-state index in [9.17, 15) is 8.42 Å². The van der Waals surface area contributed by atoms with Crippen LogP contribution >= 0.6 is 0 Å². The third-order valence-electron chi connectivity index (χ3n) is 2.26. The van der Waals surface area contributed by atoms with Gasteiger partial charge < -0.3 is 10.1 Å². The molecule has 0 saturated heterocycles. The van der Waals surface area contributed by atoms with Crippen LogP contribution in [0.3, 0.4) is 0 Å². The first-order chi connectivity index (χ1) is 7.67. The van der Waals surface area contributed by atoms with Crippen molar-refractivity contribution >= 4 is 10.0 Å². The maximum absolute atomic E-state index is 11.6. The summed E-state index contributed by atoms with van der Waals surface area (Å²) in [5.74, 6) is 0. The molecular weight excluding hydrogens is 228 g/mol. The third-order valence-corrected chi connectivity index (χ3v) is 3.72. The van der Waals surface area contributed by atoms with Gasteiger partial charge in [-0.25, -0.2) is 13.1 Å². The monoisotopic (exact) mass is 246 g/mol. The van der Waals surface area contributed by atoms with Crippen molar-refractivity contribution in [2.24, 2.45) is 0 Å². The second-order valence-electron chi connectivity index (χ2n) is 3.58. The molecule has 0 aliphatic rings. The van der Waals surface area contributed by atoms with Gasteiger partial charge in [0.1, 0.15) is 0 Å². The normalized spacial score (nSPS) is 11.8. The molecule has 0 atom stereocenters. The van der Waals surface area contributed by atoms with Gasteiger partial charge >= 0.3 is 0 Å². The van der Waals surface area contributed by atoms with Gasteiger partial charge in [0.15, 0.2) is 0 Å². The molecule has 0 radical (unpaired) electrons. The molecule has 1 aromatic rings. The largest absolute Gasteiger partial charge is 0.396 e. The Kier molecular flexibility index (Phi) is 5.51. The Morgan fingerprint density at radius 1 is 1.25 bits per heavy atom. The molecule has 0 fully saturated rings. The second-order valence-corrected chi connectivity index (χ2v) is 5.35. The van der Waals surface area contributed by atoms with Crippen LogP contribution in [0.4, 0.5) is 0 Å². The summed E-state index contributed by atoms with van der Waals surface area (Å²) in [6, 6.07) is 1.52. The predicted molar refractivity (Wildman–Crippen MR) is 61.5 cm³/mol. The Bertz CT molecular complexity index is 373. The first-order valence-electron chi connectivity index (χ1n) is 5.40. The SMILES string of the molecule is O=S(=O)(NCCCCCCO)c1cc[nH]c1. The van der Waals surface area contributed by atoms with E-state index in [1.165, 1.54) is 12.3 Å². The number of aliphatic hydroxyl groups excluding tert-OH is 1. The first-order valence-corrected chi connectivity index (χ1v) is 6.88. The minimum absolute atomic E-state index is 0.203. The third kappa shape index (κ3) is 4.34. The van der Waals surface area contributed by atoms with Crippen LogP contribution in [0.2, 0.25) is 0 Å². The molecule has 0 saturated carbocycles. The Labute approximate surface area is 95.9 Å². The van der Waals surface area contributed by atoms with Crippen LogP contribution in [-0.4, -0.2) is 31.7 Å². The summed E-state index contributed by atoms with van der Waals surface area (Å²) in [7, 11) is -3.34. The number of hydrogen-bond acceptors (Lipinski definition) is 3. The van der Waals surface area contributed by atoms with Gasteiger partial charge in [-0.05, 0) is 18.9 Å². The zero-order valence-electron chi connectivity index (χ0n) is 9.15. The molecule has 0 amide bonds. The summed E-state index contributed by atoms with van der Waals surface area (Å²) in [5, 5.41) is 8.56. The predicted octanol–water partition coefficient (Wildman–Crippen LogP) is 0.846. The maximum Gasteiger partial charge on any atom is 0.242 e. The number of aromatic nitrogens is 1. The van der Waals surface area contributed by atoms with Crippen molar-refractivity contribution in [3.8, 4) is 0 Å². The minimum Gasteiger partial charge on any atom is -0.396 e. The lowest BCUT2D eigenvalue weighted by molar-refractivity contribution is 0.282. The molecule has 0 bridgehead atoms. The zero-order valence-corrected chi connectivity index (χ0v) is 9.96. The van der Waals surface area contributed by atoms with E-state index >= 15 is 0 Å². The highest BCUT2D eigenvalue weighted by atomic mass is 32.2. The second kappa shape index (κ2) is 6.67. The molecule has 0 spiro atoms. The van der Waals surface area contributed by atoms with Gasteiger partial charge in [-0.15, -0.1) is 0 Å². The summed E-state index contributed by atoms with van der Waals surface area (Å²) in [6.45, 7) is 0.647. The van der Waals surface area contributed by atoms with Crippen LogP contribution in [0.15, 0.2) is 23.4 Å². The van der Waals surface area contributed by atoms with E-state index in [1.807, 2.05) is 0 Å². The van der Waals surface area contributed by atoms with Crippen LogP contribution in [0.25, 0.3) is 0 Å². The smallest absolute Gasteiger partial charge is 0.242 e. The number of sulfonamides is 1. The van der Waals surface area contributed by atoms with Crippen molar-refractivity contribution in [3.63, 3.8) is 0 Å². The van der Waals surface area contributed by atoms with Crippen LogP contribution in [-0.2, 0) is 10.0 Å². The van der Waals surface area contributed by atoms with E-state index in [2.05, 4.69) is 9.71 Å². The van der Waals surface area contributed by atoms with Gasteiger partial charge in [-0.2, -0.15) is 0 Å². The maximum atomic E-state index is 11.6. The summed E-state index contributed by atoms with van der Waals surface area (Å²) in [4.78, 5) is 2.97. The number of unbranched alkanes of at least 4 members (excludes halogenated alkanes) is 3. The molecule has 0 aliphatic heterocycles. The highest BCUT2D eigenvalue weighted by Gasteiger charge is 2.12. The van der Waals surface area contributed by atoms with Crippen LogP contribution < -0.4 is 4.72 Å². The zero-order chi connectivity index (χ0) is 11.9. The lowest BCUT2D eigenvalue weighted by Crippen LogP contribution is -2.24. The number of hydrogen-bond donors (Lipinski definition) is 3. The minimum atomic E-state index is -3.34. The van der Waals surface area contributed by atoms with Gasteiger partial charge in [0, 0.05) is 25.5 Å². The van der Waals surface area contributed by atoms with Crippen molar-refractivity contribution in [1.29, 1.82) is 0 Å². The van der Waals surface area contributed by atoms with Crippen LogP contribution in [0, 0.1) is 0 Å². The van der Waals surface area contributed by atoms with Crippen molar-refractivity contribution < 1.29 is 13.5 Å². The summed E-state index contributed by atoms with van der Waals surface area (Å²) >= 11 is 0. The molecule has 5 nitrogen and oxygen atoms in total. The lowest BCUT2D eigenvalue weighted by atomic mass is 10.2.